The third-order valence-electron chi connectivity index (χ3n) is 6.01. The number of nitrogens with one attached hydrogen (secondary N) is 1. The van der Waals surface area contributed by atoms with Gasteiger partial charge in [-0.15, -0.1) is 21.5 Å². The minimum absolute atomic E-state index is 0.225. The number of thiophene rings is 1. The average Bonchev–Trinajstić information content (AvgIpc) is 3.54. The predicted octanol–water partition coefficient (Wildman–Crippen LogP) is 6.36. The molecule has 36 heavy (non-hydrogen) atoms. The lowest BCUT2D eigenvalue weighted by Crippen LogP contribution is -2.33. The van der Waals surface area contributed by atoms with Gasteiger partial charge in [-0.1, -0.05) is 86.7 Å². The SMILES string of the molecule is CCC(C(=O)Nc1nnc(C(C)C)s1)n1cnc2scc(-c3ccc(-c4ccccc4)cc3)c2c1=O. The molecule has 1 unspecified atom stereocenters. The number of amides is 1. The first kappa shape index (κ1) is 24.0. The van der Waals surface area contributed by atoms with E-state index in [0.717, 1.165) is 27.3 Å². The van der Waals surface area contributed by atoms with Crippen LogP contribution in [0.4, 0.5) is 5.13 Å². The zero-order valence-corrected chi connectivity index (χ0v) is 21.8. The highest BCUT2D eigenvalue weighted by Crippen LogP contribution is 2.32. The number of rotatable bonds is 7. The van der Waals surface area contributed by atoms with Crippen LogP contribution in [0.2, 0.25) is 0 Å². The molecule has 1 amide bonds. The summed E-state index contributed by atoms with van der Waals surface area (Å²) in [6.07, 6.45) is 1.90. The van der Waals surface area contributed by atoms with Crippen molar-refractivity contribution in [2.24, 2.45) is 0 Å². The zero-order valence-electron chi connectivity index (χ0n) is 20.1. The third-order valence-corrected chi connectivity index (χ3v) is 8.04. The molecule has 0 saturated heterocycles. The number of anilines is 1. The van der Waals surface area contributed by atoms with E-state index in [4.69, 9.17) is 0 Å². The molecular formula is C27H25N5O2S2. The van der Waals surface area contributed by atoms with Gasteiger partial charge < -0.3 is 0 Å². The van der Waals surface area contributed by atoms with E-state index >= 15 is 0 Å². The second-order valence-electron chi connectivity index (χ2n) is 8.74. The molecule has 2 aromatic carbocycles. The largest absolute Gasteiger partial charge is 0.299 e. The highest BCUT2D eigenvalue weighted by molar-refractivity contribution is 7.17. The second kappa shape index (κ2) is 10.1. The van der Waals surface area contributed by atoms with Gasteiger partial charge in [0, 0.05) is 16.9 Å². The molecule has 0 bridgehead atoms. The lowest BCUT2D eigenvalue weighted by atomic mass is 10.0. The van der Waals surface area contributed by atoms with Gasteiger partial charge in [0.05, 0.1) is 11.7 Å². The minimum Gasteiger partial charge on any atom is -0.299 e. The number of hydrogen-bond acceptors (Lipinski definition) is 7. The monoisotopic (exact) mass is 515 g/mol. The van der Waals surface area contributed by atoms with Crippen molar-refractivity contribution >= 4 is 43.9 Å². The van der Waals surface area contributed by atoms with Crippen molar-refractivity contribution in [2.75, 3.05) is 5.32 Å². The van der Waals surface area contributed by atoms with Crippen LogP contribution in [0.25, 0.3) is 32.5 Å². The fraction of sp³-hybridized carbons (Fsp3) is 0.222. The lowest BCUT2D eigenvalue weighted by molar-refractivity contribution is -0.119. The summed E-state index contributed by atoms with van der Waals surface area (Å²) in [7, 11) is 0. The molecular weight excluding hydrogens is 490 g/mol. The Bertz CT molecular complexity index is 1570. The summed E-state index contributed by atoms with van der Waals surface area (Å²) >= 11 is 2.77. The highest BCUT2D eigenvalue weighted by atomic mass is 32.1. The number of benzene rings is 2. The number of fused-ring (bicyclic) bond motifs is 1. The van der Waals surface area contributed by atoms with Crippen LogP contribution in [0.3, 0.4) is 0 Å². The molecule has 0 radical (unpaired) electrons. The molecule has 1 N–H and O–H groups in total. The maximum absolute atomic E-state index is 13.6. The molecule has 5 rings (SSSR count). The first-order valence-corrected chi connectivity index (χ1v) is 13.4. The van der Waals surface area contributed by atoms with E-state index < -0.39 is 6.04 Å². The number of carbonyl (C=O) groups is 1. The summed E-state index contributed by atoms with van der Waals surface area (Å²) in [5.74, 6) is -0.0840. The van der Waals surface area contributed by atoms with Crippen LogP contribution in [0.15, 0.2) is 71.1 Å². The molecule has 9 heteroatoms. The molecule has 0 aliphatic carbocycles. The standard InChI is InChI=1S/C27H25N5O2S2/c1-4-21(23(33)29-27-31-30-24(36-27)16(2)3)32-15-28-25-22(26(32)34)20(14-35-25)19-12-10-18(11-13-19)17-8-6-5-7-9-17/h5-16,21H,4H2,1-3H3,(H,29,31,33). The summed E-state index contributed by atoms with van der Waals surface area (Å²) in [5.41, 5.74) is 3.77. The Morgan fingerprint density at radius 3 is 2.36 bits per heavy atom. The van der Waals surface area contributed by atoms with Crippen LogP contribution in [-0.4, -0.2) is 25.7 Å². The van der Waals surface area contributed by atoms with Gasteiger partial charge in [0.2, 0.25) is 11.0 Å². The fourth-order valence-corrected chi connectivity index (χ4v) is 5.72. The molecule has 3 heterocycles. The molecule has 7 nitrogen and oxygen atoms in total. The number of carbonyl (C=O) groups excluding carboxylic acids is 1. The second-order valence-corrected chi connectivity index (χ2v) is 10.6. The van der Waals surface area contributed by atoms with Gasteiger partial charge in [0.1, 0.15) is 15.9 Å². The maximum Gasteiger partial charge on any atom is 0.263 e. The normalized spacial score (nSPS) is 12.2. The van der Waals surface area contributed by atoms with Crippen LogP contribution in [0, 0.1) is 0 Å². The van der Waals surface area contributed by atoms with Gasteiger partial charge in [-0.3, -0.25) is 19.5 Å². The zero-order chi connectivity index (χ0) is 25.2. The average molecular weight is 516 g/mol. The van der Waals surface area contributed by atoms with E-state index in [0.29, 0.717) is 21.8 Å². The number of aromatic nitrogens is 4. The quantitative estimate of drug-likeness (QED) is 0.272. The molecule has 5 aromatic rings. The summed E-state index contributed by atoms with van der Waals surface area (Å²) in [5, 5.41) is 14.8. The Balaban J connectivity index is 1.47. The van der Waals surface area contributed by atoms with E-state index in [9.17, 15) is 9.59 Å². The summed E-state index contributed by atoms with van der Waals surface area (Å²) in [6.45, 7) is 5.92. The van der Waals surface area contributed by atoms with Crippen LogP contribution >= 0.6 is 22.7 Å². The maximum atomic E-state index is 13.6. The van der Waals surface area contributed by atoms with Gasteiger partial charge in [-0.2, -0.15) is 0 Å². The van der Waals surface area contributed by atoms with E-state index in [1.165, 1.54) is 33.6 Å². The summed E-state index contributed by atoms with van der Waals surface area (Å²) < 4.78 is 1.43. The van der Waals surface area contributed by atoms with Gasteiger partial charge in [0.25, 0.3) is 5.56 Å². The van der Waals surface area contributed by atoms with Crippen molar-refractivity contribution < 1.29 is 4.79 Å². The molecule has 1 atom stereocenters. The molecule has 0 fully saturated rings. The number of hydrogen-bond donors (Lipinski definition) is 1. The molecule has 0 aliphatic rings. The van der Waals surface area contributed by atoms with Crippen molar-refractivity contribution in [1.82, 2.24) is 19.7 Å². The molecule has 3 aromatic heterocycles. The smallest absolute Gasteiger partial charge is 0.263 e. The van der Waals surface area contributed by atoms with Crippen molar-refractivity contribution in [2.45, 2.75) is 39.2 Å². The van der Waals surface area contributed by atoms with E-state index in [2.05, 4.69) is 44.8 Å². The topological polar surface area (TPSA) is 89.8 Å². The summed E-state index contributed by atoms with van der Waals surface area (Å²) in [4.78, 5) is 31.9. The Kier molecular flexibility index (Phi) is 6.75. The van der Waals surface area contributed by atoms with Gasteiger partial charge >= 0.3 is 0 Å². The fourth-order valence-electron chi connectivity index (χ4n) is 4.07. The molecule has 0 spiro atoms. The van der Waals surface area contributed by atoms with E-state index in [1.807, 2.05) is 56.5 Å². The first-order chi connectivity index (χ1) is 17.5. The Labute approximate surface area is 216 Å². The number of nitrogens with zero attached hydrogens (tertiary/aromatic N) is 4. The molecule has 0 saturated carbocycles. The van der Waals surface area contributed by atoms with Crippen LogP contribution in [0.1, 0.15) is 44.2 Å². The van der Waals surface area contributed by atoms with Crippen molar-refractivity contribution in [1.29, 1.82) is 0 Å². The highest BCUT2D eigenvalue weighted by Gasteiger charge is 2.24. The van der Waals surface area contributed by atoms with Gasteiger partial charge in [0.15, 0.2) is 0 Å². The Morgan fingerprint density at radius 2 is 1.69 bits per heavy atom. The van der Waals surface area contributed by atoms with Crippen molar-refractivity contribution in [3.05, 3.63) is 81.7 Å². The lowest BCUT2D eigenvalue weighted by Gasteiger charge is -2.16. The summed E-state index contributed by atoms with van der Waals surface area (Å²) in [6, 6.07) is 17.6. The predicted molar refractivity (Wildman–Crippen MR) is 147 cm³/mol. The van der Waals surface area contributed by atoms with E-state index in [-0.39, 0.29) is 17.4 Å². The van der Waals surface area contributed by atoms with Crippen molar-refractivity contribution in [3.63, 3.8) is 0 Å². The Morgan fingerprint density at radius 1 is 1.00 bits per heavy atom. The van der Waals surface area contributed by atoms with Gasteiger partial charge in [-0.25, -0.2) is 4.98 Å². The van der Waals surface area contributed by atoms with Crippen LogP contribution < -0.4 is 10.9 Å². The minimum atomic E-state index is -0.714. The first-order valence-electron chi connectivity index (χ1n) is 11.7. The van der Waals surface area contributed by atoms with Crippen molar-refractivity contribution in [3.8, 4) is 22.3 Å². The third kappa shape index (κ3) is 4.59. The van der Waals surface area contributed by atoms with Gasteiger partial charge in [-0.05, 0) is 23.1 Å². The van der Waals surface area contributed by atoms with E-state index in [1.54, 1.807) is 0 Å². The Hall–Kier alpha value is -3.69. The molecule has 0 aliphatic heterocycles. The van der Waals surface area contributed by atoms with Crippen LogP contribution in [-0.2, 0) is 4.79 Å². The molecule has 182 valence electrons. The van der Waals surface area contributed by atoms with Crippen LogP contribution in [0.5, 0.6) is 0 Å².